The van der Waals surface area contributed by atoms with Crippen molar-refractivity contribution >= 4 is 6.09 Å². The Labute approximate surface area is 112 Å². The molecule has 0 bridgehead atoms. The molecule has 1 amide bonds. The molecule has 104 valence electrons. The highest BCUT2D eigenvalue weighted by Crippen LogP contribution is 2.21. The average Bonchev–Trinajstić information content (AvgIpc) is 2.39. The summed E-state index contributed by atoms with van der Waals surface area (Å²) in [5, 5.41) is 0. The van der Waals surface area contributed by atoms with Crippen molar-refractivity contribution in [3.8, 4) is 5.88 Å². The molecule has 2 heterocycles. The second-order valence-electron chi connectivity index (χ2n) is 4.74. The van der Waals surface area contributed by atoms with Gasteiger partial charge in [0.25, 0.3) is 0 Å². The van der Waals surface area contributed by atoms with Gasteiger partial charge in [0.15, 0.2) is 6.23 Å². The third kappa shape index (κ3) is 3.81. The molecule has 1 fully saturated rings. The lowest BCUT2D eigenvalue weighted by Crippen LogP contribution is -2.47. The molecule has 0 N–H and O–H groups in total. The van der Waals surface area contributed by atoms with Gasteiger partial charge < -0.3 is 9.47 Å². The van der Waals surface area contributed by atoms with Crippen molar-refractivity contribution < 1.29 is 14.3 Å². The first kappa shape index (κ1) is 13.6. The largest absolute Gasteiger partial charge is 0.453 e. The van der Waals surface area contributed by atoms with Gasteiger partial charge >= 0.3 is 6.09 Å². The fourth-order valence-electron chi connectivity index (χ4n) is 1.99. The van der Waals surface area contributed by atoms with Crippen molar-refractivity contribution in [3.63, 3.8) is 0 Å². The first-order valence-corrected chi connectivity index (χ1v) is 6.56. The maximum atomic E-state index is 12.0. The molecule has 1 aliphatic heterocycles. The molecule has 1 atom stereocenters. The molecule has 19 heavy (non-hydrogen) atoms. The number of hydrogen-bond donors (Lipinski definition) is 0. The first-order valence-electron chi connectivity index (χ1n) is 6.56. The van der Waals surface area contributed by atoms with Gasteiger partial charge in [-0.1, -0.05) is 0 Å². The molecular formula is C13H19N3O3. The van der Waals surface area contributed by atoms with E-state index in [2.05, 4.69) is 9.97 Å². The van der Waals surface area contributed by atoms with Crippen LogP contribution in [0.1, 0.15) is 33.1 Å². The van der Waals surface area contributed by atoms with Crippen LogP contribution in [0.25, 0.3) is 0 Å². The normalized spacial score (nSPS) is 19.3. The number of amides is 1. The third-order valence-corrected chi connectivity index (χ3v) is 2.83. The van der Waals surface area contributed by atoms with E-state index in [9.17, 15) is 4.79 Å². The predicted molar refractivity (Wildman–Crippen MR) is 68.6 cm³/mol. The minimum atomic E-state index is -0.325. The Morgan fingerprint density at radius 3 is 3.00 bits per heavy atom. The number of hydrogen-bond acceptors (Lipinski definition) is 5. The molecule has 1 aromatic rings. The van der Waals surface area contributed by atoms with Gasteiger partial charge in [-0.2, -0.15) is 0 Å². The zero-order valence-electron chi connectivity index (χ0n) is 11.3. The Kier molecular flexibility index (Phi) is 4.54. The lowest BCUT2D eigenvalue weighted by molar-refractivity contribution is -0.0163. The molecule has 0 radical (unpaired) electrons. The van der Waals surface area contributed by atoms with Crippen LogP contribution in [0.4, 0.5) is 4.79 Å². The van der Waals surface area contributed by atoms with E-state index in [4.69, 9.17) is 9.47 Å². The third-order valence-electron chi connectivity index (χ3n) is 2.83. The van der Waals surface area contributed by atoms with Gasteiger partial charge in [0.05, 0.1) is 6.10 Å². The van der Waals surface area contributed by atoms with E-state index < -0.39 is 0 Å². The molecule has 0 aromatic carbocycles. The topological polar surface area (TPSA) is 64.5 Å². The molecule has 1 aliphatic rings. The smallest absolute Gasteiger partial charge is 0.412 e. The fourth-order valence-corrected chi connectivity index (χ4v) is 1.99. The standard InChI is InChI=1S/C13H19N3O3/c1-10(2)18-13(17)16-8-4-3-5-12(16)19-11-6-7-14-9-15-11/h6-7,9-10,12H,3-5,8H2,1-2H3. The van der Waals surface area contributed by atoms with Gasteiger partial charge in [-0.25, -0.2) is 14.8 Å². The van der Waals surface area contributed by atoms with Gasteiger partial charge in [-0.3, -0.25) is 4.90 Å². The number of likely N-dealkylation sites (tertiary alicyclic amines) is 1. The number of aromatic nitrogens is 2. The summed E-state index contributed by atoms with van der Waals surface area (Å²) in [5.74, 6) is 0.476. The number of carbonyl (C=O) groups is 1. The van der Waals surface area contributed by atoms with Gasteiger partial charge in [0.1, 0.15) is 6.33 Å². The first-order chi connectivity index (χ1) is 9.16. The van der Waals surface area contributed by atoms with Crippen LogP contribution in [-0.4, -0.2) is 39.8 Å². The minimum Gasteiger partial charge on any atom is -0.453 e. The van der Waals surface area contributed by atoms with Crippen LogP contribution in [0.2, 0.25) is 0 Å². The van der Waals surface area contributed by atoms with Crippen LogP contribution < -0.4 is 4.74 Å². The summed E-state index contributed by atoms with van der Waals surface area (Å²) in [4.78, 5) is 21.5. The number of carbonyl (C=O) groups excluding carboxylic acids is 1. The molecule has 1 saturated heterocycles. The van der Waals surface area contributed by atoms with Crippen LogP contribution in [0.3, 0.4) is 0 Å². The molecule has 6 nitrogen and oxygen atoms in total. The maximum absolute atomic E-state index is 12.0. The zero-order valence-corrected chi connectivity index (χ0v) is 11.3. The number of nitrogens with zero attached hydrogens (tertiary/aromatic N) is 3. The predicted octanol–water partition coefficient (Wildman–Crippen LogP) is 2.21. The highest BCUT2D eigenvalue weighted by atomic mass is 16.6. The van der Waals surface area contributed by atoms with E-state index in [1.165, 1.54) is 6.33 Å². The summed E-state index contributed by atoms with van der Waals surface area (Å²) in [6.07, 6.45) is 5.06. The second-order valence-corrected chi connectivity index (χ2v) is 4.74. The summed E-state index contributed by atoms with van der Waals surface area (Å²) >= 11 is 0. The summed E-state index contributed by atoms with van der Waals surface area (Å²) in [7, 11) is 0. The minimum absolute atomic E-state index is 0.130. The maximum Gasteiger partial charge on any atom is 0.412 e. The SMILES string of the molecule is CC(C)OC(=O)N1CCCCC1Oc1ccncn1. The Hall–Kier alpha value is -1.85. The van der Waals surface area contributed by atoms with Crippen molar-refractivity contribution in [2.45, 2.75) is 45.4 Å². The fraction of sp³-hybridized carbons (Fsp3) is 0.615. The Bertz CT molecular complexity index is 411. The number of piperidine rings is 1. The van der Waals surface area contributed by atoms with Crippen LogP contribution in [0, 0.1) is 0 Å². The van der Waals surface area contributed by atoms with Gasteiger partial charge in [0.2, 0.25) is 5.88 Å². The molecule has 2 rings (SSSR count). The van der Waals surface area contributed by atoms with Gasteiger partial charge in [-0.05, 0) is 26.7 Å². The van der Waals surface area contributed by atoms with Crippen molar-refractivity contribution in [2.75, 3.05) is 6.54 Å². The van der Waals surface area contributed by atoms with E-state index >= 15 is 0 Å². The summed E-state index contributed by atoms with van der Waals surface area (Å²) in [6.45, 7) is 4.32. The quantitative estimate of drug-likeness (QED) is 0.838. The average molecular weight is 265 g/mol. The molecule has 0 spiro atoms. The van der Waals surface area contributed by atoms with Crippen molar-refractivity contribution in [1.82, 2.24) is 14.9 Å². The summed E-state index contributed by atoms with van der Waals surface area (Å²) in [6, 6.07) is 1.68. The lowest BCUT2D eigenvalue weighted by Gasteiger charge is -2.34. The van der Waals surface area contributed by atoms with Crippen LogP contribution >= 0.6 is 0 Å². The highest BCUT2D eigenvalue weighted by Gasteiger charge is 2.30. The Morgan fingerprint density at radius 2 is 2.32 bits per heavy atom. The molecule has 1 aromatic heterocycles. The van der Waals surface area contributed by atoms with E-state index in [0.29, 0.717) is 12.4 Å². The van der Waals surface area contributed by atoms with Gasteiger partial charge in [-0.15, -0.1) is 0 Å². The second kappa shape index (κ2) is 6.36. The summed E-state index contributed by atoms with van der Waals surface area (Å²) < 4.78 is 11.0. The van der Waals surface area contributed by atoms with E-state index in [0.717, 1.165) is 19.3 Å². The van der Waals surface area contributed by atoms with E-state index in [-0.39, 0.29) is 18.4 Å². The van der Waals surface area contributed by atoms with E-state index in [1.807, 2.05) is 13.8 Å². The summed E-state index contributed by atoms with van der Waals surface area (Å²) in [5.41, 5.74) is 0. The van der Waals surface area contributed by atoms with Crippen LogP contribution in [0.15, 0.2) is 18.6 Å². The Balaban J connectivity index is 2.01. The molecule has 0 aliphatic carbocycles. The monoisotopic (exact) mass is 265 g/mol. The van der Waals surface area contributed by atoms with Crippen molar-refractivity contribution in [3.05, 3.63) is 18.6 Å². The molecule has 6 heteroatoms. The number of ether oxygens (including phenoxy) is 2. The molecular weight excluding hydrogens is 246 g/mol. The zero-order chi connectivity index (χ0) is 13.7. The molecule has 1 unspecified atom stereocenters. The van der Waals surface area contributed by atoms with Crippen molar-refractivity contribution in [1.29, 1.82) is 0 Å². The lowest BCUT2D eigenvalue weighted by atomic mass is 10.1. The highest BCUT2D eigenvalue weighted by molar-refractivity contribution is 5.68. The van der Waals surface area contributed by atoms with E-state index in [1.54, 1.807) is 17.2 Å². The van der Waals surface area contributed by atoms with Crippen LogP contribution in [-0.2, 0) is 4.74 Å². The van der Waals surface area contributed by atoms with Crippen molar-refractivity contribution in [2.24, 2.45) is 0 Å². The van der Waals surface area contributed by atoms with Crippen LogP contribution in [0.5, 0.6) is 5.88 Å². The van der Waals surface area contributed by atoms with Gasteiger partial charge in [0, 0.05) is 25.2 Å². The number of rotatable bonds is 3. The molecule has 0 saturated carbocycles. The Morgan fingerprint density at radius 1 is 1.47 bits per heavy atom.